The Morgan fingerprint density at radius 2 is 1.68 bits per heavy atom. The summed E-state index contributed by atoms with van der Waals surface area (Å²) >= 11 is 3.35. The van der Waals surface area contributed by atoms with E-state index in [0.29, 0.717) is 16.3 Å². The van der Waals surface area contributed by atoms with Crippen LogP contribution in [0.3, 0.4) is 0 Å². The molecule has 0 aliphatic heterocycles. The van der Waals surface area contributed by atoms with E-state index in [4.69, 9.17) is 0 Å². The Balaban J connectivity index is 2.10. The van der Waals surface area contributed by atoms with Crippen LogP contribution in [0.25, 0.3) is 18.3 Å². The summed E-state index contributed by atoms with van der Waals surface area (Å²) in [5.41, 5.74) is 0.910. The van der Waals surface area contributed by atoms with Gasteiger partial charge in [0, 0.05) is 4.47 Å². The van der Waals surface area contributed by atoms with Crippen LogP contribution in [0.2, 0.25) is 0 Å². The van der Waals surface area contributed by atoms with E-state index in [1.54, 1.807) is 6.08 Å². The molecule has 25 heavy (non-hydrogen) atoms. The Labute approximate surface area is 151 Å². The molecular formula is C17H12BrN2O4S-. The number of H-pyrrole nitrogens is 1. The van der Waals surface area contributed by atoms with Crippen LogP contribution < -0.4 is 16.1 Å². The van der Waals surface area contributed by atoms with E-state index in [9.17, 15) is 17.8 Å². The van der Waals surface area contributed by atoms with Crippen LogP contribution in [0.4, 0.5) is 0 Å². The molecule has 8 heteroatoms. The minimum absolute atomic E-state index is 0.328. The Morgan fingerprint density at radius 1 is 1.08 bits per heavy atom. The summed E-state index contributed by atoms with van der Waals surface area (Å²) in [4.78, 5) is 12.3. The van der Waals surface area contributed by atoms with Gasteiger partial charge in [0.15, 0.2) is 0 Å². The van der Waals surface area contributed by atoms with Crippen LogP contribution in [-0.4, -0.2) is 22.8 Å². The van der Waals surface area contributed by atoms with E-state index in [2.05, 4.69) is 27.6 Å². The lowest BCUT2D eigenvalue weighted by Crippen LogP contribution is -2.33. The van der Waals surface area contributed by atoms with E-state index in [1.807, 2.05) is 24.3 Å². The van der Waals surface area contributed by atoms with Crippen molar-refractivity contribution < 1.29 is 13.0 Å². The molecule has 0 saturated heterocycles. The van der Waals surface area contributed by atoms with E-state index in [0.717, 1.165) is 22.2 Å². The molecule has 1 aromatic heterocycles. The molecule has 0 bridgehead atoms. The zero-order chi connectivity index (χ0) is 18.2. The molecule has 0 spiro atoms. The minimum Gasteiger partial charge on any atom is -0.744 e. The minimum atomic E-state index is -4.53. The van der Waals surface area contributed by atoms with Gasteiger partial charge in [-0.2, -0.15) is 0 Å². The summed E-state index contributed by atoms with van der Waals surface area (Å²) < 4.78 is 35.1. The van der Waals surface area contributed by atoms with Crippen molar-refractivity contribution in [1.82, 2.24) is 9.78 Å². The maximum atomic E-state index is 12.6. The monoisotopic (exact) mass is 419 g/mol. The van der Waals surface area contributed by atoms with Crippen molar-refractivity contribution in [2.75, 3.05) is 0 Å². The molecule has 0 radical (unpaired) electrons. The topological polar surface area (TPSA) is 95.0 Å². The predicted molar refractivity (Wildman–Crippen MR) is 96.8 cm³/mol. The second-order valence-corrected chi connectivity index (χ2v) is 7.58. The van der Waals surface area contributed by atoms with Gasteiger partial charge in [-0.25, -0.2) is 13.1 Å². The van der Waals surface area contributed by atoms with Crippen molar-refractivity contribution in [1.29, 1.82) is 0 Å². The van der Waals surface area contributed by atoms with Crippen molar-refractivity contribution in [3.8, 4) is 5.69 Å². The third-order valence-corrected chi connectivity index (χ3v) is 4.95. The molecule has 1 N–H and O–H groups in total. The number of aromatic nitrogens is 2. The van der Waals surface area contributed by atoms with E-state index in [1.165, 1.54) is 16.8 Å². The van der Waals surface area contributed by atoms with E-state index < -0.39 is 10.1 Å². The van der Waals surface area contributed by atoms with Crippen molar-refractivity contribution >= 4 is 38.7 Å². The van der Waals surface area contributed by atoms with Crippen molar-refractivity contribution in [2.24, 2.45) is 0 Å². The molecule has 128 valence electrons. The Morgan fingerprint density at radius 3 is 2.24 bits per heavy atom. The first-order chi connectivity index (χ1) is 11.8. The SMILES string of the molecule is C=c1[nH]n(-c2ccc(S(=O)(=O)[O-])cc2)c(=O)/c1=C\c1ccc(Br)cc1. The number of hydrogen-bond donors (Lipinski definition) is 1. The number of nitrogens with one attached hydrogen (secondary N) is 1. The molecule has 3 rings (SSSR count). The van der Waals surface area contributed by atoms with Gasteiger partial charge < -0.3 is 4.55 Å². The first-order valence-corrected chi connectivity index (χ1v) is 9.29. The number of benzene rings is 2. The van der Waals surface area contributed by atoms with Crippen LogP contribution in [-0.2, 0) is 10.1 Å². The lowest BCUT2D eigenvalue weighted by atomic mass is 10.2. The van der Waals surface area contributed by atoms with E-state index in [-0.39, 0.29) is 10.5 Å². The van der Waals surface area contributed by atoms with Gasteiger partial charge in [0.05, 0.1) is 21.2 Å². The van der Waals surface area contributed by atoms with Crippen molar-refractivity contribution in [2.45, 2.75) is 4.90 Å². The number of nitrogens with zero attached hydrogens (tertiary/aromatic N) is 1. The highest BCUT2D eigenvalue weighted by atomic mass is 79.9. The average molecular weight is 420 g/mol. The molecule has 0 unspecified atom stereocenters. The van der Waals surface area contributed by atoms with Crippen LogP contribution in [0.1, 0.15) is 5.56 Å². The first kappa shape index (κ1) is 17.4. The second-order valence-electron chi connectivity index (χ2n) is 5.29. The average Bonchev–Trinajstić information content (AvgIpc) is 2.84. The number of rotatable bonds is 3. The predicted octanol–water partition coefficient (Wildman–Crippen LogP) is 1.07. The lowest BCUT2D eigenvalue weighted by molar-refractivity contribution is 0.463. The highest BCUT2D eigenvalue weighted by molar-refractivity contribution is 9.10. The van der Waals surface area contributed by atoms with Crippen molar-refractivity contribution in [3.05, 3.63) is 79.5 Å². The fourth-order valence-electron chi connectivity index (χ4n) is 2.31. The van der Waals surface area contributed by atoms with Crippen LogP contribution >= 0.6 is 15.9 Å². The lowest BCUT2D eigenvalue weighted by Gasteiger charge is -2.07. The van der Waals surface area contributed by atoms with Gasteiger partial charge in [0.1, 0.15) is 10.1 Å². The molecule has 6 nitrogen and oxygen atoms in total. The molecule has 1 heterocycles. The number of aromatic amines is 1. The molecule has 0 atom stereocenters. The maximum absolute atomic E-state index is 12.6. The highest BCUT2D eigenvalue weighted by Gasteiger charge is 2.06. The van der Waals surface area contributed by atoms with Crippen LogP contribution in [0, 0.1) is 0 Å². The zero-order valence-corrected chi connectivity index (χ0v) is 15.2. The molecular weight excluding hydrogens is 408 g/mol. The smallest absolute Gasteiger partial charge is 0.279 e. The third-order valence-electron chi connectivity index (χ3n) is 3.57. The van der Waals surface area contributed by atoms with E-state index >= 15 is 0 Å². The van der Waals surface area contributed by atoms with Crippen LogP contribution in [0.15, 0.2) is 62.7 Å². The summed E-state index contributed by atoms with van der Waals surface area (Å²) in [5.74, 6) is 0. The second kappa shape index (κ2) is 6.47. The normalized spacial score (nSPS) is 12.5. The summed E-state index contributed by atoms with van der Waals surface area (Å²) in [6, 6.07) is 12.5. The van der Waals surface area contributed by atoms with Gasteiger partial charge in [0.25, 0.3) is 5.56 Å². The molecule has 3 aromatic rings. The summed E-state index contributed by atoms with van der Waals surface area (Å²) in [5, 5.41) is 3.66. The molecule has 0 aliphatic carbocycles. The Hall–Kier alpha value is -2.42. The van der Waals surface area contributed by atoms with Gasteiger partial charge in [-0.1, -0.05) is 34.6 Å². The molecule has 0 aliphatic rings. The van der Waals surface area contributed by atoms with Gasteiger partial charge in [-0.3, -0.25) is 9.89 Å². The number of hydrogen-bond acceptors (Lipinski definition) is 4. The molecule has 0 saturated carbocycles. The fraction of sp³-hybridized carbons (Fsp3) is 0. The summed E-state index contributed by atoms with van der Waals surface area (Å²) in [7, 11) is -4.53. The summed E-state index contributed by atoms with van der Waals surface area (Å²) in [6.45, 7) is 3.84. The molecule has 2 aromatic carbocycles. The number of halogens is 1. The molecule has 0 fully saturated rings. The quantitative estimate of drug-likeness (QED) is 0.642. The fourth-order valence-corrected chi connectivity index (χ4v) is 3.05. The zero-order valence-electron chi connectivity index (χ0n) is 12.8. The Kier molecular flexibility index (Phi) is 4.51. The molecule has 0 amide bonds. The largest absolute Gasteiger partial charge is 0.744 e. The Bertz CT molecular complexity index is 1190. The van der Waals surface area contributed by atoms with Crippen molar-refractivity contribution in [3.63, 3.8) is 0 Å². The summed E-state index contributed by atoms with van der Waals surface area (Å²) in [6.07, 6.45) is 1.71. The van der Waals surface area contributed by atoms with Crippen LogP contribution in [0.5, 0.6) is 0 Å². The highest BCUT2D eigenvalue weighted by Crippen LogP contribution is 2.12. The van der Waals surface area contributed by atoms with Gasteiger partial charge >= 0.3 is 0 Å². The van der Waals surface area contributed by atoms with Gasteiger partial charge in [-0.15, -0.1) is 0 Å². The maximum Gasteiger partial charge on any atom is 0.279 e. The van der Waals surface area contributed by atoms with Gasteiger partial charge in [0.2, 0.25) is 0 Å². The standard InChI is InChI=1S/C17H13BrN2O4S/c1-11-16(10-12-2-4-13(18)5-3-12)17(21)20(19-11)14-6-8-15(9-7-14)25(22,23)24/h2-10,19H,1H2,(H,22,23,24)/p-1/b16-10-. The van der Waals surface area contributed by atoms with Gasteiger partial charge in [-0.05, 0) is 48.0 Å². The first-order valence-electron chi connectivity index (χ1n) is 7.09. The third kappa shape index (κ3) is 3.65.